The zero-order valence-corrected chi connectivity index (χ0v) is 18.2. The highest BCUT2D eigenvalue weighted by Crippen LogP contribution is 2.40. The Labute approximate surface area is 185 Å². The van der Waals surface area contributed by atoms with Crippen LogP contribution in [0.4, 0.5) is 0 Å². The van der Waals surface area contributed by atoms with Crippen molar-refractivity contribution in [1.82, 2.24) is 4.90 Å². The number of ketones is 1. The summed E-state index contributed by atoms with van der Waals surface area (Å²) >= 11 is 1.72. The maximum absolute atomic E-state index is 12.7. The van der Waals surface area contributed by atoms with Gasteiger partial charge in [0.05, 0.1) is 0 Å². The van der Waals surface area contributed by atoms with E-state index in [1.807, 2.05) is 12.1 Å². The number of hydrogen-bond donors (Lipinski definition) is 2. The lowest BCUT2D eigenvalue weighted by Crippen LogP contribution is -2.30. The molecule has 31 heavy (non-hydrogen) atoms. The summed E-state index contributed by atoms with van der Waals surface area (Å²) in [5.41, 5.74) is 6.22. The average molecular weight is 440 g/mol. The summed E-state index contributed by atoms with van der Waals surface area (Å²) in [6, 6.07) is 10.4. The van der Waals surface area contributed by atoms with Gasteiger partial charge < -0.3 is 15.1 Å². The Morgan fingerprint density at radius 2 is 1.61 bits per heavy atom. The van der Waals surface area contributed by atoms with Gasteiger partial charge in [0, 0.05) is 42.1 Å². The summed E-state index contributed by atoms with van der Waals surface area (Å²) < 4.78 is 0. The first-order chi connectivity index (χ1) is 14.9. The fourth-order valence-corrected chi connectivity index (χ4v) is 4.82. The molecule has 1 saturated heterocycles. The van der Waals surface area contributed by atoms with Gasteiger partial charge in [-0.15, -0.1) is 11.3 Å². The van der Waals surface area contributed by atoms with E-state index in [0.717, 1.165) is 43.6 Å². The van der Waals surface area contributed by atoms with E-state index in [0.29, 0.717) is 18.6 Å². The van der Waals surface area contributed by atoms with Crippen molar-refractivity contribution in [2.75, 3.05) is 19.6 Å². The van der Waals surface area contributed by atoms with Gasteiger partial charge in [0.25, 0.3) is 0 Å². The van der Waals surface area contributed by atoms with Gasteiger partial charge in [-0.2, -0.15) is 0 Å². The van der Waals surface area contributed by atoms with Crippen molar-refractivity contribution < 1.29 is 24.6 Å². The maximum atomic E-state index is 12.7. The summed E-state index contributed by atoms with van der Waals surface area (Å²) in [5.74, 6) is -2.26. The minimum absolute atomic E-state index is 0.255. The third kappa shape index (κ3) is 5.57. The third-order valence-electron chi connectivity index (χ3n) is 5.46. The van der Waals surface area contributed by atoms with Gasteiger partial charge in [-0.05, 0) is 47.5 Å². The molecule has 2 aliphatic rings. The lowest BCUT2D eigenvalue weighted by atomic mass is 9.87. The van der Waals surface area contributed by atoms with E-state index >= 15 is 0 Å². The molecule has 1 aliphatic carbocycles. The number of rotatable bonds is 3. The number of carbonyl (C=O) groups is 3. The number of aliphatic carboxylic acids is 2. The molecule has 1 aromatic heterocycles. The number of fused-ring (bicyclic) bond motifs is 2. The molecule has 2 heterocycles. The second-order valence-corrected chi connectivity index (χ2v) is 8.33. The predicted octanol–water partition coefficient (Wildman–Crippen LogP) is 4.12. The molecule has 2 aromatic rings. The summed E-state index contributed by atoms with van der Waals surface area (Å²) in [4.78, 5) is 35.5. The van der Waals surface area contributed by atoms with Crippen LogP contribution in [0.3, 0.4) is 0 Å². The van der Waals surface area contributed by atoms with Crippen LogP contribution in [0.5, 0.6) is 0 Å². The quantitative estimate of drug-likeness (QED) is 0.699. The van der Waals surface area contributed by atoms with E-state index in [1.54, 1.807) is 11.3 Å². The van der Waals surface area contributed by atoms with Crippen molar-refractivity contribution in [1.29, 1.82) is 0 Å². The van der Waals surface area contributed by atoms with E-state index in [1.165, 1.54) is 21.6 Å². The summed E-state index contributed by atoms with van der Waals surface area (Å²) in [7, 11) is 0. The van der Waals surface area contributed by atoms with E-state index in [9.17, 15) is 14.4 Å². The smallest absolute Gasteiger partial charge is 0.328 e. The molecule has 0 amide bonds. The third-order valence-corrected chi connectivity index (χ3v) is 6.38. The van der Waals surface area contributed by atoms with Crippen molar-refractivity contribution >= 4 is 34.6 Å². The highest BCUT2D eigenvalue weighted by Gasteiger charge is 2.27. The van der Waals surface area contributed by atoms with Crippen LogP contribution in [0.15, 0.2) is 53.4 Å². The fourth-order valence-electron chi connectivity index (χ4n) is 3.94. The highest BCUT2D eigenvalue weighted by molar-refractivity contribution is 7.10. The minimum atomic E-state index is -1.26. The number of thiophene rings is 1. The molecule has 0 radical (unpaired) electrons. The first-order valence-electron chi connectivity index (χ1n) is 10.2. The van der Waals surface area contributed by atoms with Crippen LogP contribution in [0.25, 0.3) is 5.57 Å². The summed E-state index contributed by atoms with van der Waals surface area (Å²) in [6.45, 7) is 5.62. The first kappa shape index (κ1) is 22.7. The van der Waals surface area contributed by atoms with Crippen LogP contribution < -0.4 is 0 Å². The van der Waals surface area contributed by atoms with Gasteiger partial charge in [0.15, 0.2) is 5.78 Å². The molecule has 0 unspecified atom stereocenters. The Kier molecular flexibility index (Phi) is 7.55. The topological polar surface area (TPSA) is 94.9 Å². The number of carboxylic acid groups (broad SMARTS) is 2. The van der Waals surface area contributed by atoms with E-state index in [2.05, 4.69) is 35.4 Å². The van der Waals surface area contributed by atoms with E-state index < -0.39 is 11.9 Å². The van der Waals surface area contributed by atoms with Crippen molar-refractivity contribution in [3.05, 3.63) is 75.0 Å². The molecular formula is C24H25NO5S. The molecule has 1 aromatic carbocycles. The Hall–Kier alpha value is -3.03. The van der Waals surface area contributed by atoms with Crippen LogP contribution in [0.1, 0.15) is 46.1 Å². The molecule has 0 saturated carbocycles. The molecule has 162 valence electrons. The Balaban J connectivity index is 0.000000293. The lowest BCUT2D eigenvalue weighted by molar-refractivity contribution is -0.134. The Bertz CT molecular complexity index is 1020. The number of nitrogens with zero attached hydrogens (tertiary/aromatic N) is 1. The van der Waals surface area contributed by atoms with Gasteiger partial charge in [-0.3, -0.25) is 4.79 Å². The normalized spacial score (nSPS) is 16.2. The van der Waals surface area contributed by atoms with Gasteiger partial charge in [0.1, 0.15) is 0 Å². The van der Waals surface area contributed by atoms with E-state index in [-0.39, 0.29) is 5.78 Å². The first-order valence-corrected chi connectivity index (χ1v) is 11.1. The second-order valence-electron chi connectivity index (χ2n) is 7.33. The van der Waals surface area contributed by atoms with Crippen LogP contribution in [-0.2, 0) is 16.0 Å². The van der Waals surface area contributed by atoms with Crippen LogP contribution >= 0.6 is 11.3 Å². The van der Waals surface area contributed by atoms with Crippen molar-refractivity contribution in [3.8, 4) is 0 Å². The van der Waals surface area contributed by atoms with Crippen LogP contribution in [-0.4, -0.2) is 52.5 Å². The second kappa shape index (κ2) is 10.3. The Morgan fingerprint density at radius 3 is 2.19 bits per heavy atom. The maximum Gasteiger partial charge on any atom is 0.328 e. The molecule has 7 heteroatoms. The molecule has 4 rings (SSSR count). The largest absolute Gasteiger partial charge is 0.478 e. The summed E-state index contributed by atoms with van der Waals surface area (Å²) in [5, 5.41) is 17.8. The Morgan fingerprint density at radius 1 is 1.00 bits per heavy atom. The average Bonchev–Trinajstić information content (AvgIpc) is 3.17. The van der Waals surface area contributed by atoms with Gasteiger partial charge in [-0.25, -0.2) is 9.59 Å². The van der Waals surface area contributed by atoms with Gasteiger partial charge in [0.2, 0.25) is 0 Å². The SMILES string of the molecule is CCN1CCC(=C2c3ccccc3C(=O)Cc3sccc32)CC1.O=C(O)C=CC(=O)O. The highest BCUT2D eigenvalue weighted by atomic mass is 32.1. The lowest BCUT2D eigenvalue weighted by Gasteiger charge is -2.29. The zero-order valence-electron chi connectivity index (χ0n) is 17.3. The number of piperidine rings is 1. The zero-order chi connectivity index (χ0) is 22.4. The molecule has 0 bridgehead atoms. The molecule has 1 fully saturated rings. The molecule has 6 nitrogen and oxygen atoms in total. The van der Waals surface area contributed by atoms with Crippen molar-refractivity contribution in [2.45, 2.75) is 26.2 Å². The predicted molar refractivity (Wildman–Crippen MR) is 121 cm³/mol. The number of hydrogen-bond acceptors (Lipinski definition) is 5. The number of carboxylic acids is 2. The molecule has 0 atom stereocenters. The van der Waals surface area contributed by atoms with E-state index in [4.69, 9.17) is 10.2 Å². The van der Waals surface area contributed by atoms with Gasteiger partial charge >= 0.3 is 11.9 Å². The minimum Gasteiger partial charge on any atom is -0.478 e. The molecular weight excluding hydrogens is 414 g/mol. The molecule has 1 aliphatic heterocycles. The van der Waals surface area contributed by atoms with Crippen LogP contribution in [0, 0.1) is 0 Å². The number of benzene rings is 1. The fraction of sp³-hybridized carbons (Fsp3) is 0.292. The standard InChI is InChI=1S/C20H21NOS.C4H4O4/c1-2-21-10-7-14(8-11-21)20-16-6-4-3-5-15(16)18(22)13-19-17(20)9-12-23-19;5-3(6)1-2-4(7)8/h3-6,9,12H,2,7-8,10-11,13H2,1H3;1-2H,(H,5,6)(H,7,8). The number of likely N-dealkylation sites (tertiary alicyclic amines) is 1. The number of Topliss-reactive ketones (excluding diaryl/α,β-unsaturated/α-hetero) is 1. The number of carbonyl (C=O) groups excluding carboxylic acids is 1. The van der Waals surface area contributed by atoms with Gasteiger partial charge in [-0.1, -0.05) is 36.8 Å². The molecule has 2 N–H and O–H groups in total. The molecule has 0 spiro atoms. The van der Waals surface area contributed by atoms with Crippen molar-refractivity contribution in [2.24, 2.45) is 0 Å². The monoisotopic (exact) mass is 439 g/mol. The summed E-state index contributed by atoms with van der Waals surface area (Å²) in [6.07, 6.45) is 3.88. The van der Waals surface area contributed by atoms with Crippen molar-refractivity contribution in [3.63, 3.8) is 0 Å². The van der Waals surface area contributed by atoms with Crippen LogP contribution in [0.2, 0.25) is 0 Å².